The zero-order chi connectivity index (χ0) is 10.6. The number of pyridine rings is 1. The fourth-order valence-corrected chi connectivity index (χ4v) is 1.05. The molecule has 3 N–H and O–H groups in total. The summed E-state index contributed by atoms with van der Waals surface area (Å²) in [5.41, 5.74) is 6.26. The zero-order valence-electron chi connectivity index (χ0n) is 8.40. The third kappa shape index (κ3) is 2.81. The summed E-state index contributed by atoms with van der Waals surface area (Å²) in [7, 11) is 0. The van der Waals surface area contributed by atoms with Gasteiger partial charge in [-0.2, -0.15) is 0 Å². The van der Waals surface area contributed by atoms with Gasteiger partial charge in [0, 0.05) is 6.20 Å². The first-order valence-corrected chi connectivity index (χ1v) is 4.58. The summed E-state index contributed by atoms with van der Waals surface area (Å²) < 4.78 is 0. The molecule has 1 rings (SSSR count). The SMILES string of the molecule is C[C@@H](N)C(=O)N[C@H](C)c1ccccn1. The van der Waals surface area contributed by atoms with E-state index in [1.165, 1.54) is 0 Å². The third-order valence-electron chi connectivity index (χ3n) is 1.90. The number of rotatable bonds is 3. The van der Waals surface area contributed by atoms with Gasteiger partial charge in [0.1, 0.15) is 0 Å². The largest absolute Gasteiger partial charge is 0.347 e. The number of hydrogen-bond donors (Lipinski definition) is 2. The summed E-state index contributed by atoms with van der Waals surface area (Å²) in [5, 5.41) is 2.77. The van der Waals surface area contributed by atoms with Crippen molar-refractivity contribution in [2.75, 3.05) is 0 Å². The monoisotopic (exact) mass is 193 g/mol. The van der Waals surface area contributed by atoms with Gasteiger partial charge in [-0.15, -0.1) is 0 Å². The van der Waals surface area contributed by atoms with Crippen LogP contribution in [-0.4, -0.2) is 16.9 Å². The van der Waals surface area contributed by atoms with Crippen LogP contribution in [0, 0.1) is 0 Å². The van der Waals surface area contributed by atoms with E-state index in [1.54, 1.807) is 13.1 Å². The van der Waals surface area contributed by atoms with E-state index < -0.39 is 6.04 Å². The lowest BCUT2D eigenvalue weighted by Gasteiger charge is -2.14. The van der Waals surface area contributed by atoms with Crippen molar-refractivity contribution in [3.63, 3.8) is 0 Å². The maximum absolute atomic E-state index is 11.3. The van der Waals surface area contributed by atoms with Gasteiger partial charge in [0.2, 0.25) is 5.91 Å². The Hall–Kier alpha value is -1.42. The molecule has 1 aromatic heterocycles. The number of nitrogens with zero attached hydrogens (tertiary/aromatic N) is 1. The molecule has 0 bridgehead atoms. The van der Waals surface area contributed by atoms with Crippen molar-refractivity contribution in [2.24, 2.45) is 5.73 Å². The van der Waals surface area contributed by atoms with Crippen LogP contribution in [0.1, 0.15) is 25.6 Å². The molecule has 0 radical (unpaired) electrons. The van der Waals surface area contributed by atoms with E-state index in [2.05, 4.69) is 10.3 Å². The lowest BCUT2D eigenvalue weighted by Crippen LogP contribution is -2.39. The molecule has 0 unspecified atom stereocenters. The average molecular weight is 193 g/mol. The van der Waals surface area contributed by atoms with Gasteiger partial charge in [0.25, 0.3) is 0 Å². The number of carbonyl (C=O) groups excluding carboxylic acids is 1. The number of aromatic nitrogens is 1. The predicted molar refractivity (Wildman–Crippen MR) is 54.4 cm³/mol. The smallest absolute Gasteiger partial charge is 0.237 e. The maximum atomic E-state index is 11.3. The summed E-state index contributed by atoms with van der Waals surface area (Å²) in [4.78, 5) is 15.4. The molecule has 0 aliphatic carbocycles. The Balaban J connectivity index is 2.59. The summed E-state index contributed by atoms with van der Waals surface area (Å²) in [6, 6.07) is 5.00. The van der Waals surface area contributed by atoms with Gasteiger partial charge in [-0.25, -0.2) is 0 Å². The van der Waals surface area contributed by atoms with Gasteiger partial charge in [0.15, 0.2) is 0 Å². The van der Waals surface area contributed by atoms with Crippen molar-refractivity contribution in [3.05, 3.63) is 30.1 Å². The molecule has 0 aromatic carbocycles. The molecule has 14 heavy (non-hydrogen) atoms. The second-order valence-corrected chi connectivity index (χ2v) is 3.27. The Labute approximate surface area is 83.5 Å². The van der Waals surface area contributed by atoms with Gasteiger partial charge >= 0.3 is 0 Å². The lowest BCUT2D eigenvalue weighted by molar-refractivity contribution is -0.122. The Morgan fingerprint density at radius 3 is 2.71 bits per heavy atom. The van der Waals surface area contributed by atoms with Crippen molar-refractivity contribution < 1.29 is 4.79 Å². The average Bonchev–Trinajstić information content (AvgIpc) is 2.19. The molecule has 1 amide bonds. The van der Waals surface area contributed by atoms with Crippen LogP contribution in [-0.2, 0) is 4.79 Å². The van der Waals surface area contributed by atoms with E-state index in [4.69, 9.17) is 5.73 Å². The molecule has 2 atom stereocenters. The second-order valence-electron chi connectivity index (χ2n) is 3.27. The van der Waals surface area contributed by atoms with Gasteiger partial charge in [-0.3, -0.25) is 9.78 Å². The van der Waals surface area contributed by atoms with E-state index in [0.29, 0.717) is 0 Å². The Bertz CT molecular complexity index is 297. The van der Waals surface area contributed by atoms with Gasteiger partial charge in [-0.1, -0.05) is 6.07 Å². The van der Waals surface area contributed by atoms with Crippen molar-refractivity contribution >= 4 is 5.91 Å². The minimum Gasteiger partial charge on any atom is -0.347 e. The van der Waals surface area contributed by atoms with E-state index in [-0.39, 0.29) is 11.9 Å². The molecular weight excluding hydrogens is 178 g/mol. The van der Waals surface area contributed by atoms with Crippen LogP contribution in [0.15, 0.2) is 24.4 Å². The van der Waals surface area contributed by atoms with E-state index in [1.807, 2.05) is 25.1 Å². The van der Waals surface area contributed by atoms with Crippen LogP contribution in [0.4, 0.5) is 0 Å². The van der Waals surface area contributed by atoms with Crippen LogP contribution in [0.25, 0.3) is 0 Å². The molecule has 4 nitrogen and oxygen atoms in total. The van der Waals surface area contributed by atoms with Crippen LogP contribution in [0.5, 0.6) is 0 Å². The van der Waals surface area contributed by atoms with E-state index >= 15 is 0 Å². The summed E-state index contributed by atoms with van der Waals surface area (Å²) in [5.74, 6) is -0.164. The third-order valence-corrected chi connectivity index (χ3v) is 1.90. The Morgan fingerprint density at radius 2 is 2.21 bits per heavy atom. The number of hydrogen-bond acceptors (Lipinski definition) is 3. The topological polar surface area (TPSA) is 68.0 Å². The molecule has 0 spiro atoms. The summed E-state index contributed by atoms with van der Waals surface area (Å²) in [6.45, 7) is 3.53. The highest BCUT2D eigenvalue weighted by atomic mass is 16.2. The van der Waals surface area contributed by atoms with E-state index in [0.717, 1.165) is 5.69 Å². The molecule has 0 aliphatic heterocycles. The van der Waals surface area contributed by atoms with Crippen LogP contribution >= 0.6 is 0 Å². The van der Waals surface area contributed by atoms with Gasteiger partial charge < -0.3 is 11.1 Å². The first-order valence-electron chi connectivity index (χ1n) is 4.58. The quantitative estimate of drug-likeness (QED) is 0.739. The molecule has 1 heterocycles. The minimum absolute atomic E-state index is 0.102. The van der Waals surface area contributed by atoms with E-state index in [9.17, 15) is 4.79 Å². The first kappa shape index (κ1) is 10.7. The molecule has 1 aromatic rings. The summed E-state index contributed by atoms with van der Waals surface area (Å²) in [6.07, 6.45) is 1.70. The zero-order valence-corrected chi connectivity index (χ0v) is 8.40. The highest BCUT2D eigenvalue weighted by molar-refractivity contribution is 5.81. The van der Waals surface area contributed by atoms with Crippen LogP contribution < -0.4 is 11.1 Å². The lowest BCUT2D eigenvalue weighted by atomic mass is 10.2. The summed E-state index contributed by atoms with van der Waals surface area (Å²) >= 11 is 0. The van der Waals surface area contributed by atoms with Crippen molar-refractivity contribution in [3.8, 4) is 0 Å². The predicted octanol–water partition coefficient (Wildman–Crippen LogP) is 0.606. The van der Waals surface area contributed by atoms with Crippen LogP contribution in [0.2, 0.25) is 0 Å². The minimum atomic E-state index is -0.485. The Morgan fingerprint density at radius 1 is 1.50 bits per heavy atom. The molecule has 0 saturated carbocycles. The van der Waals surface area contributed by atoms with Gasteiger partial charge in [-0.05, 0) is 26.0 Å². The fourth-order valence-electron chi connectivity index (χ4n) is 1.05. The molecule has 4 heteroatoms. The van der Waals surface area contributed by atoms with Crippen molar-refractivity contribution in [2.45, 2.75) is 25.9 Å². The van der Waals surface area contributed by atoms with Crippen molar-refractivity contribution in [1.29, 1.82) is 0 Å². The number of carbonyl (C=O) groups is 1. The molecular formula is C10H15N3O. The maximum Gasteiger partial charge on any atom is 0.237 e. The molecule has 0 fully saturated rings. The molecule has 0 aliphatic rings. The van der Waals surface area contributed by atoms with Gasteiger partial charge in [0.05, 0.1) is 17.8 Å². The van der Waals surface area contributed by atoms with Crippen LogP contribution in [0.3, 0.4) is 0 Å². The Kier molecular flexibility index (Phi) is 3.59. The second kappa shape index (κ2) is 4.72. The highest BCUT2D eigenvalue weighted by Crippen LogP contribution is 2.07. The fraction of sp³-hybridized carbons (Fsp3) is 0.400. The number of nitrogens with one attached hydrogen (secondary N) is 1. The number of amides is 1. The standard InChI is InChI=1S/C10H15N3O/c1-7(11)10(14)13-8(2)9-5-3-4-6-12-9/h3-8H,11H2,1-2H3,(H,13,14)/t7-,8-/m1/s1. The van der Waals surface area contributed by atoms with Crippen molar-refractivity contribution in [1.82, 2.24) is 10.3 Å². The molecule has 0 saturated heterocycles. The molecule has 76 valence electrons. The normalized spacial score (nSPS) is 14.5. The highest BCUT2D eigenvalue weighted by Gasteiger charge is 2.12. The number of nitrogens with two attached hydrogens (primary N) is 1. The first-order chi connectivity index (χ1) is 6.61.